The van der Waals surface area contributed by atoms with E-state index in [1.54, 1.807) is 6.07 Å². The molecule has 21 heavy (non-hydrogen) atoms. The van der Waals surface area contributed by atoms with Crippen LogP contribution in [0.5, 0.6) is 11.5 Å². The predicted octanol–water partition coefficient (Wildman–Crippen LogP) is 4.09. The first-order valence-electron chi connectivity index (χ1n) is 6.98. The van der Waals surface area contributed by atoms with Crippen LogP contribution >= 0.6 is 0 Å². The summed E-state index contributed by atoms with van der Waals surface area (Å²) in [4.78, 5) is 0. The Morgan fingerprint density at radius 3 is 2.57 bits per heavy atom. The highest BCUT2D eigenvalue weighted by atomic mass is 19.4. The largest absolute Gasteiger partial charge is 0.497 e. The van der Waals surface area contributed by atoms with Crippen molar-refractivity contribution < 1.29 is 22.6 Å². The molecule has 0 aromatic heterocycles. The van der Waals surface area contributed by atoms with Gasteiger partial charge in [0.05, 0.1) is 13.7 Å². The van der Waals surface area contributed by atoms with Gasteiger partial charge in [0.15, 0.2) is 0 Å². The van der Waals surface area contributed by atoms with Crippen molar-refractivity contribution in [3.63, 3.8) is 0 Å². The molecule has 1 rings (SSSR count). The van der Waals surface area contributed by atoms with Gasteiger partial charge in [-0.3, -0.25) is 0 Å². The summed E-state index contributed by atoms with van der Waals surface area (Å²) in [5, 5.41) is 3.25. The summed E-state index contributed by atoms with van der Waals surface area (Å²) in [5.74, 6) is 1.18. The number of methoxy groups -OCH3 is 1. The molecular weight excluding hydrogens is 283 g/mol. The smallest absolute Gasteiger partial charge is 0.389 e. The normalized spacial score (nSPS) is 13.0. The Balaban J connectivity index is 2.72. The zero-order chi connectivity index (χ0) is 15.9. The first-order valence-corrected chi connectivity index (χ1v) is 6.98. The van der Waals surface area contributed by atoms with E-state index >= 15 is 0 Å². The van der Waals surface area contributed by atoms with Crippen LogP contribution in [-0.2, 0) is 0 Å². The number of benzene rings is 1. The van der Waals surface area contributed by atoms with Gasteiger partial charge in [-0.2, -0.15) is 13.2 Å². The Hall–Kier alpha value is -1.43. The van der Waals surface area contributed by atoms with Crippen LogP contribution in [0.4, 0.5) is 13.2 Å². The van der Waals surface area contributed by atoms with E-state index in [1.807, 2.05) is 26.0 Å². The minimum Gasteiger partial charge on any atom is -0.497 e. The molecular formula is C15H22F3NO2. The van der Waals surface area contributed by atoms with E-state index in [-0.39, 0.29) is 19.1 Å². The summed E-state index contributed by atoms with van der Waals surface area (Å²) in [7, 11) is 1.54. The van der Waals surface area contributed by atoms with Gasteiger partial charge in [0, 0.05) is 24.1 Å². The van der Waals surface area contributed by atoms with Crippen LogP contribution in [0.15, 0.2) is 18.2 Å². The number of alkyl halides is 3. The van der Waals surface area contributed by atoms with Gasteiger partial charge in [-0.25, -0.2) is 0 Å². The zero-order valence-corrected chi connectivity index (χ0v) is 12.6. The molecule has 1 atom stereocenters. The van der Waals surface area contributed by atoms with Gasteiger partial charge in [-0.05, 0) is 26.0 Å². The Kier molecular flexibility index (Phi) is 6.81. The lowest BCUT2D eigenvalue weighted by Gasteiger charge is -2.18. The van der Waals surface area contributed by atoms with Crippen LogP contribution in [0.3, 0.4) is 0 Å². The van der Waals surface area contributed by atoms with Crippen LogP contribution in [0.2, 0.25) is 0 Å². The lowest BCUT2D eigenvalue weighted by Crippen LogP contribution is -2.19. The van der Waals surface area contributed by atoms with E-state index in [1.165, 1.54) is 7.11 Å². The fraction of sp³-hybridized carbons (Fsp3) is 0.600. The standard InChI is InChI=1S/C15H22F3NO2/c1-4-19-11(2)13-7-6-12(20-3)10-14(13)21-9-5-8-15(16,17)18/h6-7,10-11,19H,4-5,8-9H2,1-3H3. The molecule has 1 aromatic rings. The van der Waals surface area contributed by atoms with Crippen LogP contribution in [-0.4, -0.2) is 26.4 Å². The van der Waals surface area contributed by atoms with Gasteiger partial charge in [0.25, 0.3) is 0 Å². The molecule has 1 aromatic carbocycles. The zero-order valence-electron chi connectivity index (χ0n) is 12.6. The van der Waals surface area contributed by atoms with Crippen molar-refractivity contribution in [2.45, 2.75) is 38.9 Å². The molecule has 3 nitrogen and oxygen atoms in total. The molecule has 6 heteroatoms. The number of rotatable bonds is 8. The average molecular weight is 305 g/mol. The molecule has 0 bridgehead atoms. The summed E-state index contributed by atoms with van der Waals surface area (Å²) in [6.07, 6.45) is -5.04. The first kappa shape index (κ1) is 17.6. The molecule has 0 radical (unpaired) electrons. The first-order chi connectivity index (χ1) is 9.87. The van der Waals surface area contributed by atoms with Crippen LogP contribution in [0.1, 0.15) is 38.3 Å². The maximum atomic E-state index is 12.1. The lowest BCUT2D eigenvalue weighted by molar-refractivity contribution is -0.136. The molecule has 0 spiro atoms. The minimum absolute atomic E-state index is 0.0263. The van der Waals surface area contributed by atoms with Crippen LogP contribution < -0.4 is 14.8 Å². The van der Waals surface area contributed by atoms with Crippen molar-refractivity contribution in [1.82, 2.24) is 5.32 Å². The highest BCUT2D eigenvalue weighted by Crippen LogP contribution is 2.30. The third-order valence-corrected chi connectivity index (χ3v) is 3.06. The third-order valence-electron chi connectivity index (χ3n) is 3.06. The molecule has 0 fully saturated rings. The summed E-state index contributed by atoms with van der Waals surface area (Å²) < 4.78 is 47.0. The molecule has 1 N–H and O–H groups in total. The molecule has 120 valence electrons. The average Bonchev–Trinajstić information content (AvgIpc) is 2.42. The number of hydrogen-bond acceptors (Lipinski definition) is 3. The van der Waals surface area contributed by atoms with Crippen molar-refractivity contribution in [2.24, 2.45) is 0 Å². The molecule has 0 amide bonds. The monoisotopic (exact) mass is 305 g/mol. The van der Waals surface area contributed by atoms with Gasteiger partial charge >= 0.3 is 6.18 Å². The van der Waals surface area contributed by atoms with E-state index in [0.29, 0.717) is 11.5 Å². The summed E-state index contributed by atoms with van der Waals surface area (Å²) >= 11 is 0. The summed E-state index contributed by atoms with van der Waals surface area (Å²) in [5.41, 5.74) is 0.907. The van der Waals surface area contributed by atoms with Gasteiger partial charge in [0.2, 0.25) is 0 Å². The number of ether oxygens (including phenoxy) is 2. The number of halogens is 3. The summed E-state index contributed by atoms with van der Waals surface area (Å²) in [6, 6.07) is 5.44. The van der Waals surface area contributed by atoms with Crippen molar-refractivity contribution in [2.75, 3.05) is 20.3 Å². The second kappa shape index (κ2) is 8.12. The fourth-order valence-electron chi connectivity index (χ4n) is 2.00. The summed E-state index contributed by atoms with van der Waals surface area (Å²) in [6.45, 7) is 4.79. The lowest BCUT2D eigenvalue weighted by atomic mass is 10.1. The molecule has 0 saturated heterocycles. The second-order valence-electron chi connectivity index (χ2n) is 4.75. The van der Waals surface area contributed by atoms with E-state index in [2.05, 4.69) is 5.32 Å². The minimum atomic E-state index is -4.14. The Morgan fingerprint density at radius 1 is 1.29 bits per heavy atom. The van der Waals surface area contributed by atoms with Gasteiger partial charge < -0.3 is 14.8 Å². The van der Waals surface area contributed by atoms with E-state index in [0.717, 1.165) is 12.1 Å². The molecule has 0 saturated carbocycles. The van der Waals surface area contributed by atoms with Crippen LogP contribution in [0.25, 0.3) is 0 Å². The predicted molar refractivity (Wildman–Crippen MR) is 75.9 cm³/mol. The Bertz CT molecular complexity index is 435. The van der Waals surface area contributed by atoms with E-state index in [4.69, 9.17) is 9.47 Å². The third kappa shape index (κ3) is 6.25. The van der Waals surface area contributed by atoms with E-state index < -0.39 is 12.6 Å². The highest BCUT2D eigenvalue weighted by molar-refractivity contribution is 5.42. The van der Waals surface area contributed by atoms with E-state index in [9.17, 15) is 13.2 Å². The fourth-order valence-corrected chi connectivity index (χ4v) is 2.00. The highest BCUT2D eigenvalue weighted by Gasteiger charge is 2.26. The molecule has 0 aliphatic rings. The SMILES string of the molecule is CCNC(C)c1ccc(OC)cc1OCCCC(F)(F)F. The maximum absolute atomic E-state index is 12.1. The molecule has 0 aliphatic carbocycles. The Labute approximate surface area is 123 Å². The quantitative estimate of drug-likeness (QED) is 0.734. The van der Waals surface area contributed by atoms with Crippen molar-refractivity contribution in [3.8, 4) is 11.5 Å². The number of hydrogen-bond donors (Lipinski definition) is 1. The van der Waals surface area contributed by atoms with Gasteiger partial charge in [0.1, 0.15) is 11.5 Å². The molecule has 0 heterocycles. The topological polar surface area (TPSA) is 30.5 Å². The van der Waals surface area contributed by atoms with Gasteiger partial charge in [-0.1, -0.05) is 13.0 Å². The maximum Gasteiger partial charge on any atom is 0.389 e. The van der Waals surface area contributed by atoms with Crippen molar-refractivity contribution in [1.29, 1.82) is 0 Å². The van der Waals surface area contributed by atoms with Crippen LogP contribution in [0, 0.1) is 0 Å². The number of nitrogens with one attached hydrogen (secondary N) is 1. The second-order valence-corrected chi connectivity index (χ2v) is 4.75. The van der Waals surface area contributed by atoms with Gasteiger partial charge in [-0.15, -0.1) is 0 Å². The van der Waals surface area contributed by atoms with Crippen molar-refractivity contribution >= 4 is 0 Å². The molecule has 0 aliphatic heterocycles. The van der Waals surface area contributed by atoms with Crippen molar-refractivity contribution in [3.05, 3.63) is 23.8 Å². The Morgan fingerprint density at radius 2 is 2.00 bits per heavy atom. The molecule has 1 unspecified atom stereocenters.